The van der Waals surface area contributed by atoms with Crippen molar-refractivity contribution in [3.05, 3.63) is 81.5 Å². The SMILES string of the molecule is Cc1oc2ccc(NC(=S)N3CCN(c4ccc(Cl)cc4Cl)CC3)cc2c1CCN(C)Cc1ccc2sc(N)nc2c1. The average molecular weight is 640 g/mol. The zero-order chi connectivity index (χ0) is 29.4. The molecular formula is C31H32Cl2N6OS2. The molecule has 0 spiro atoms. The van der Waals surface area contributed by atoms with E-state index in [0.29, 0.717) is 15.2 Å². The van der Waals surface area contributed by atoms with Crippen LogP contribution in [0.5, 0.6) is 0 Å². The predicted octanol–water partition coefficient (Wildman–Crippen LogP) is 7.43. The highest BCUT2D eigenvalue weighted by Crippen LogP contribution is 2.31. The molecule has 7 nitrogen and oxygen atoms in total. The summed E-state index contributed by atoms with van der Waals surface area (Å²) in [6.45, 7) is 7.03. The van der Waals surface area contributed by atoms with E-state index in [1.165, 1.54) is 22.5 Å². The number of piperazine rings is 1. The van der Waals surface area contributed by atoms with Gasteiger partial charge in [0.05, 0.1) is 20.9 Å². The first-order valence-electron chi connectivity index (χ1n) is 13.8. The minimum absolute atomic E-state index is 0.606. The van der Waals surface area contributed by atoms with Crippen molar-refractivity contribution in [2.45, 2.75) is 19.9 Å². The van der Waals surface area contributed by atoms with Crippen LogP contribution in [0.1, 0.15) is 16.9 Å². The number of nitrogens with one attached hydrogen (secondary N) is 1. The highest BCUT2D eigenvalue weighted by molar-refractivity contribution is 7.80. The third-order valence-electron chi connectivity index (χ3n) is 7.73. The highest BCUT2D eigenvalue weighted by atomic mass is 35.5. The van der Waals surface area contributed by atoms with Crippen LogP contribution in [0, 0.1) is 6.92 Å². The van der Waals surface area contributed by atoms with E-state index < -0.39 is 0 Å². The van der Waals surface area contributed by atoms with Gasteiger partial charge in [-0.2, -0.15) is 0 Å². The molecule has 3 aromatic carbocycles. The predicted molar refractivity (Wildman–Crippen MR) is 181 cm³/mol. The lowest BCUT2D eigenvalue weighted by molar-refractivity contribution is 0.331. The van der Waals surface area contributed by atoms with E-state index in [2.05, 4.69) is 56.3 Å². The van der Waals surface area contributed by atoms with Crippen molar-refractivity contribution in [1.29, 1.82) is 0 Å². The number of nitrogens with two attached hydrogens (primary N) is 1. The van der Waals surface area contributed by atoms with Gasteiger partial charge in [0.25, 0.3) is 0 Å². The summed E-state index contributed by atoms with van der Waals surface area (Å²) in [7, 11) is 2.14. The zero-order valence-corrected chi connectivity index (χ0v) is 26.6. The molecular weight excluding hydrogens is 607 g/mol. The van der Waals surface area contributed by atoms with Crippen LogP contribution < -0.4 is 16.0 Å². The molecule has 0 amide bonds. The molecule has 218 valence electrons. The number of fused-ring (bicyclic) bond motifs is 2. The minimum Gasteiger partial charge on any atom is -0.461 e. The van der Waals surface area contributed by atoms with E-state index in [4.69, 9.17) is 45.6 Å². The lowest BCUT2D eigenvalue weighted by Gasteiger charge is -2.37. The Bertz CT molecular complexity index is 1760. The summed E-state index contributed by atoms with van der Waals surface area (Å²) in [6.07, 6.45) is 0.879. The maximum absolute atomic E-state index is 6.43. The van der Waals surface area contributed by atoms with Gasteiger partial charge in [0, 0.05) is 60.9 Å². The quantitative estimate of drug-likeness (QED) is 0.178. The number of anilines is 3. The molecule has 1 aliphatic rings. The summed E-state index contributed by atoms with van der Waals surface area (Å²) in [5.41, 5.74) is 12.1. The number of thiazole rings is 1. The third-order valence-corrected chi connectivity index (χ3v) is 9.49. The van der Waals surface area contributed by atoms with Gasteiger partial charge in [-0.3, -0.25) is 0 Å². The largest absolute Gasteiger partial charge is 0.461 e. The number of furan rings is 1. The van der Waals surface area contributed by atoms with Gasteiger partial charge in [0.2, 0.25) is 0 Å². The fourth-order valence-corrected chi connectivity index (χ4v) is 7.08. The zero-order valence-electron chi connectivity index (χ0n) is 23.5. The molecule has 0 unspecified atom stereocenters. The normalized spacial score (nSPS) is 13.9. The van der Waals surface area contributed by atoms with E-state index in [9.17, 15) is 0 Å². The Kier molecular flexibility index (Phi) is 8.47. The maximum Gasteiger partial charge on any atom is 0.181 e. The van der Waals surface area contributed by atoms with Crippen molar-refractivity contribution < 1.29 is 4.42 Å². The van der Waals surface area contributed by atoms with Crippen LogP contribution in [0.4, 0.5) is 16.5 Å². The van der Waals surface area contributed by atoms with Crippen molar-refractivity contribution in [3.8, 4) is 0 Å². The fraction of sp³-hybridized carbons (Fsp3) is 0.290. The minimum atomic E-state index is 0.606. The molecule has 0 aliphatic carbocycles. The average Bonchev–Trinajstić information content (AvgIpc) is 3.49. The summed E-state index contributed by atoms with van der Waals surface area (Å²) < 4.78 is 7.23. The molecule has 3 heterocycles. The van der Waals surface area contributed by atoms with Crippen molar-refractivity contribution in [3.63, 3.8) is 0 Å². The first-order valence-corrected chi connectivity index (χ1v) is 15.8. The van der Waals surface area contributed by atoms with Crippen molar-refractivity contribution in [1.82, 2.24) is 14.8 Å². The molecule has 0 bridgehead atoms. The van der Waals surface area contributed by atoms with Crippen molar-refractivity contribution in [2.75, 3.05) is 55.7 Å². The maximum atomic E-state index is 6.43. The van der Waals surface area contributed by atoms with E-state index in [1.807, 2.05) is 31.2 Å². The number of hydrogen-bond donors (Lipinski definition) is 2. The molecule has 1 aliphatic heterocycles. The second kappa shape index (κ2) is 12.3. The van der Waals surface area contributed by atoms with Crippen LogP contribution in [-0.4, -0.2) is 59.7 Å². The molecule has 0 atom stereocenters. The Hall–Kier alpha value is -3.08. The van der Waals surface area contributed by atoms with Crippen LogP contribution in [-0.2, 0) is 13.0 Å². The van der Waals surface area contributed by atoms with Crippen LogP contribution in [0.2, 0.25) is 10.0 Å². The number of aromatic nitrogens is 1. The number of aryl methyl sites for hydroxylation is 1. The standard InChI is InChI=1S/C31H32Cl2N6OS2/c1-19-23(9-10-37(2)18-20-3-8-29-26(15-20)36-30(34)42-29)24-17-22(5-7-28(24)40-19)35-31(41)39-13-11-38(12-14-39)27-6-4-21(32)16-25(27)33/h3-8,15-17H,9-14,18H2,1-2H3,(H2,34,36)(H,35,41). The Balaban J connectivity index is 1.07. The van der Waals surface area contributed by atoms with E-state index in [0.717, 1.165) is 89.1 Å². The first-order chi connectivity index (χ1) is 20.2. The lowest BCUT2D eigenvalue weighted by atomic mass is 10.1. The van der Waals surface area contributed by atoms with E-state index in [-0.39, 0.29) is 0 Å². The lowest BCUT2D eigenvalue weighted by Crippen LogP contribution is -2.50. The second-order valence-electron chi connectivity index (χ2n) is 10.7. The Morgan fingerprint density at radius 3 is 2.69 bits per heavy atom. The van der Waals surface area contributed by atoms with Gasteiger partial charge in [0.1, 0.15) is 11.3 Å². The molecule has 1 fully saturated rings. The molecule has 0 saturated carbocycles. The molecule has 5 aromatic rings. The van der Waals surface area contributed by atoms with Crippen LogP contribution in [0.3, 0.4) is 0 Å². The Morgan fingerprint density at radius 2 is 1.90 bits per heavy atom. The van der Waals surface area contributed by atoms with Crippen LogP contribution in [0.25, 0.3) is 21.2 Å². The summed E-state index contributed by atoms with van der Waals surface area (Å²) in [5, 5.41) is 7.22. The number of hydrogen-bond acceptors (Lipinski definition) is 7. The van der Waals surface area contributed by atoms with Gasteiger partial charge < -0.3 is 30.2 Å². The Morgan fingerprint density at radius 1 is 1.10 bits per heavy atom. The van der Waals surface area contributed by atoms with Crippen LogP contribution >= 0.6 is 46.8 Å². The second-order valence-corrected chi connectivity index (χ2v) is 13.0. The van der Waals surface area contributed by atoms with Gasteiger partial charge in [-0.1, -0.05) is 40.6 Å². The first kappa shape index (κ1) is 29.0. The number of nitrogen functional groups attached to an aromatic ring is 1. The number of benzene rings is 3. The molecule has 1 saturated heterocycles. The van der Waals surface area contributed by atoms with E-state index >= 15 is 0 Å². The van der Waals surface area contributed by atoms with Crippen molar-refractivity contribution in [2.24, 2.45) is 0 Å². The number of halogens is 2. The smallest absolute Gasteiger partial charge is 0.181 e. The molecule has 3 N–H and O–H groups in total. The Labute approximate surface area is 264 Å². The van der Waals surface area contributed by atoms with Crippen LogP contribution in [0.15, 0.2) is 59.0 Å². The van der Waals surface area contributed by atoms with Gasteiger partial charge >= 0.3 is 0 Å². The summed E-state index contributed by atoms with van der Waals surface area (Å²) in [4.78, 5) is 11.2. The molecule has 0 radical (unpaired) electrons. The third kappa shape index (κ3) is 6.31. The summed E-state index contributed by atoms with van der Waals surface area (Å²) in [5.74, 6) is 0.953. The molecule has 42 heavy (non-hydrogen) atoms. The fourth-order valence-electron chi connectivity index (χ4n) is 5.53. The molecule has 6 rings (SSSR count). The van der Waals surface area contributed by atoms with Gasteiger partial charge in [-0.25, -0.2) is 4.98 Å². The number of nitrogens with zero attached hydrogens (tertiary/aromatic N) is 4. The number of thiocarbonyl (C=S) groups is 1. The van der Waals surface area contributed by atoms with E-state index in [1.54, 1.807) is 6.07 Å². The molecule has 11 heteroatoms. The molecule has 2 aromatic heterocycles. The highest BCUT2D eigenvalue weighted by Gasteiger charge is 2.21. The number of rotatable bonds is 7. The van der Waals surface area contributed by atoms with Gasteiger partial charge in [0.15, 0.2) is 10.2 Å². The summed E-state index contributed by atoms with van der Waals surface area (Å²) >= 11 is 19.8. The van der Waals surface area contributed by atoms with Gasteiger partial charge in [-0.15, -0.1) is 0 Å². The van der Waals surface area contributed by atoms with Gasteiger partial charge in [-0.05, 0) is 86.7 Å². The van der Waals surface area contributed by atoms with Crippen molar-refractivity contribution >= 4 is 89.6 Å². The summed E-state index contributed by atoms with van der Waals surface area (Å²) in [6, 6.07) is 18.2. The topological polar surface area (TPSA) is 73.8 Å². The monoisotopic (exact) mass is 638 g/mol. The number of likely N-dealkylation sites (N-methyl/N-ethyl adjacent to an activating group) is 1.